The van der Waals surface area contributed by atoms with E-state index in [4.69, 9.17) is 15.2 Å². The van der Waals surface area contributed by atoms with E-state index in [1.165, 1.54) is 0 Å². The fourth-order valence-electron chi connectivity index (χ4n) is 2.25. The zero-order valence-corrected chi connectivity index (χ0v) is 11.0. The predicted octanol–water partition coefficient (Wildman–Crippen LogP) is 1.77. The van der Waals surface area contributed by atoms with Crippen LogP contribution in [0.1, 0.15) is 33.1 Å². The number of hydrogen-bond acceptors (Lipinski definition) is 5. The molecule has 1 aromatic heterocycles. The minimum atomic E-state index is 0.0935. The third-order valence-corrected chi connectivity index (χ3v) is 3.11. The minimum Gasteiger partial charge on any atom is -0.475 e. The highest BCUT2D eigenvalue weighted by atomic mass is 16.5. The van der Waals surface area contributed by atoms with E-state index in [0.717, 1.165) is 19.3 Å². The van der Waals surface area contributed by atoms with Gasteiger partial charge in [-0.1, -0.05) is 0 Å². The van der Waals surface area contributed by atoms with Gasteiger partial charge in [0.15, 0.2) is 0 Å². The van der Waals surface area contributed by atoms with Gasteiger partial charge in [-0.25, -0.2) is 4.98 Å². The fourth-order valence-corrected chi connectivity index (χ4v) is 2.25. The second-order valence-electron chi connectivity index (χ2n) is 4.93. The molecular weight excluding hydrogens is 230 g/mol. The van der Waals surface area contributed by atoms with E-state index in [2.05, 4.69) is 9.97 Å². The van der Waals surface area contributed by atoms with Crippen LogP contribution in [-0.4, -0.2) is 28.7 Å². The number of ether oxygens (including phenoxy) is 2. The largest absolute Gasteiger partial charge is 0.475 e. The summed E-state index contributed by atoms with van der Waals surface area (Å²) in [5.74, 6) is 0.973. The van der Waals surface area contributed by atoms with Crippen molar-refractivity contribution in [2.45, 2.75) is 45.3 Å². The molecule has 2 N–H and O–H groups in total. The van der Waals surface area contributed by atoms with Gasteiger partial charge < -0.3 is 15.2 Å². The van der Waals surface area contributed by atoms with Crippen LogP contribution in [0.25, 0.3) is 0 Å². The number of rotatable bonds is 5. The van der Waals surface area contributed by atoms with Crippen LogP contribution in [0.3, 0.4) is 0 Å². The van der Waals surface area contributed by atoms with Gasteiger partial charge in [-0.2, -0.15) is 4.98 Å². The molecule has 0 aromatic carbocycles. The topological polar surface area (TPSA) is 70.3 Å². The lowest BCUT2D eigenvalue weighted by Crippen LogP contribution is -2.28. The quantitative estimate of drug-likeness (QED) is 0.863. The summed E-state index contributed by atoms with van der Waals surface area (Å²) < 4.78 is 11.3. The molecule has 1 aromatic rings. The lowest BCUT2D eigenvalue weighted by molar-refractivity contribution is 0.144. The van der Waals surface area contributed by atoms with E-state index < -0.39 is 0 Å². The summed E-state index contributed by atoms with van der Waals surface area (Å²) in [6, 6.07) is 2.13. The molecule has 0 bridgehead atoms. The molecule has 1 heterocycles. The Morgan fingerprint density at radius 1 is 1.44 bits per heavy atom. The predicted molar refractivity (Wildman–Crippen MR) is 68.6 cm³/mol. The lowest BCUT2D eigenvalue weighted by Gasteiger charge is -2.18. The van der Waals surface area contributed by atoms with Crippen molar-refractivity contribution in [3.63, 3.8) is 0 Å². The average molecular weight is 251 g/mol. The Balaban J connectivity index is 2.00. The summed E-state index contributed by atoms with van der Waals surface area (Å²) in [7, 11) is 0. The van der Waals surface area contributed by atoms with Crippen molar-refractivity contribution >= 4 is 0 Å². The summed E-state index contributed by atoms with van der Waals surface area (Å²) in [5, 5.41) is 0. The highest BCUT2D eigenvalue weighted by Crippen LogP contribution is 2.28. The maximum Gasteiger partial charge on any atom is 0.319 e. The Morgan fingerprint density at radius 3 is 3.00 bits per heavy atom. The summed E-state index contributed by atoms with van der Waals surface area (Å²) in [4.78, 5) is 8.37. The number of nitrogens with zero attached hydrogens (tertiary/aromatic N) is 2. The molecule has 2 atom stereocenters. The van der Waals surface area contributed by atoms with Crippen LogP contribution < -0.4 is 15.2 Å². The van der Waals surface area contributed by atoms with Crippen molar-refractivity contribution < 1.29 is 9.47 Å². The van der Waals surface area contributed by atoms with Gasteiger partial charge in [0.1, 0.15) is 6.10 Å². The fraction of sp³-hybridized carbons (Fsp3) is 0.692. The number of nitrogens with two attached hydrogens (primary N) is 1. The van der Waals surface area contributed by atoms with E-state index in [0.29, 0.717) is 24.4 Å². The zero-order valence-electron chi connectivity index (χ0n) is 11.0. The normalized spacial score (nSPS) is 23.3. The van der Waals surface area contributed by atoms with Crippen LogP contribution in [-0.2, 0) is 0 Å². The molecule has 0 saturated heterocycles. The first-order valence-corrected chi connectivity index (χ1v) is 6.55. The third kappa shape index (κ3) is 3.32. The van der Waals surface area contributed by atoms with Crippen LogP contribution in [0.2, 0.25) is 0 Å². The first-order chi connectivity index (χ1) is 8.69. The van der Waals surface area contributed by atoms with Crippen LogP contribution in [0.15, 0.2) is 12.3 Å². The van der Waals surface area contributed by atoms with Gasteiger partial charge >= 0.3 is 6.01 Å². The van der Waals surface area contributed by atoms with Gasteiger partial charge in [0.2, 0.25) is 5.88 Å². The molecule has 1 aliphatic rings. The van der Waals surface area contributed by atoms with Gasteiger partial charge in [-0.15, -0.1) is 0 Å². The highest BCUT2D eigenvalue weighted by Gasteiger charge is 2.28. The van der Waals surface area contributed by atoms with Crippen LogP contribution in [0.5, 0.6) is 11.9 Å². The van der Waals surface area contributed by atoms with Crippen LogP contribution in [0, 0.1) is 5.92 Å². The first-order valence-electron chi connectivity index (χ1n) is 6.55. The van der Waals surface area contributed by atoms with Crippen molar-refractivity contribution in [1.29, 1.82) is 0 Å². The van der Waals surface area contributed by atoms with E-state index in [1.54, 1.807) is 12.3 Å². The van der Waals surface area contributed by atoms with Crippen molar-refractivity contribution in [2.24, 2.45) is 11.7 Å². The first kappa shape index (κ1) is 13.1. The molecule has 0 aliphatic heterocycles. The zero-order chi connectivity index (χ0) is 13.0. The Bertz CT molecular complexity index is 384. The van der Waals surface area contributed by atoms with Gasteiger partial charge in [0.05, 0.1) is 6.10 Å². The molecule has 100 valence electrons. The molecule has 0 amide bonds. The molecule has 1 aliphatic carbocycles. The molecule has 2 rings (SSSR count). The van der Waals surface area contributed by atoms with E-state index in [9.17, 15) is 0 Å². The molecule has 0 radical (unpaired) electrons. The summed E-state index contributed by atoms with van der Waals surface area (Å²) in [6.07, 6.45) is 5.21. The van der Waals surface area contributed by atoms with Gasteiger partial charge in [0, 0.05) is 18.2 Å². The van der Waals surface area contributed by atoms with Gasteiger partial charge in [-0.3, -0.25) is 0 Å². The maximum absolute atomic E-state index is 5.82. The summed E-state index contributed by atoms with van der Waals surface area (Å²) in [5.41, 5.74) is 5.73. The molecule has 1 saturated carbocycles. The van der Waals surface area contributed by atoms with Crippen LogP contribution >= 0.6 is 0 Å². The molecule has 2 unspecified atom stereocenters. The molecule has 18 heavy (non-hydrogen) atoms. The van der Waals surface area contributed by atoms with E-state index >= 15 is 0 Å². The molecular formula is C13H21N3O2. The van der Waals surface area contributed by atoms with Crippen molar-refractivity contribution in [3.05, 3.63) is 12.3 Å². The van der Waals surface area contributed by atoms with E-state index in [-0.39, 0.29) is 12.2 Å². The summed E-state index contributed by atoms with van der Waals surface area (Å²) in [6.45, 7) is 4.58. The second-order valence-corrected chi connectivity index (χ2v) is 4.93. The van der Waals surface area contributed by atoms with Crippen LogP contribution in [0.4, 0.5) is 0 Å². The van der Waals surface area contributed by atoms with Crippen molar-refractivity contribution in [1.82, 2.24) is 9.97 Å². The van der Waals surface area contributed by atoms with Crippen molar-refractivity contribution in [2.75, 3.05) is 6.54 Å². The summed E-state index contributed by atoms with van der Waals surface area (Å²) >= 11 is 0. The lowest BCUT2D eigenvalue weighted by atomic mass is 10.1. The SMILES string of the molecule is CC(C)Oc1ccnc(OC2CCCC2CN)n1. The van der Waals surface area contributed by atoms with E-state index in [1.807, 2.05) is 13.8 Å². The average Bonchev–Trinajstić information content (AvgIpc) is 2.76. The number of hydrogen-bond donors (Lipinski definition) is 1. The Labute approximate surface area is 108 Å². The monoisotopic (exact) mass is 251 g/mol. The minimum absolute atomic E-state index is 0.0935. The second kappa shape index (κ2) is 6.00. The standard InChI is InChI=1S/C13H21N3O2/c1-9(2)17-12-6-7-15-13(16-12)18-11-5-3-4-10(11)8-14/h6-7,9-11H,3-5,8,14H2,1-2H3. The maximum atomic E-state index is 5.82. The van der Waals surface area contributed by atoms with Gasteiger partial charge in [-0.05, 0) is 39.7 Å². The third-order valence-electron chi connectivity index (χ3n) is 3.11. The smallest absolute Gasteiger partial charge is 0.319 e. The van der Waals surface area contributed by atoms with Crippen molar-refractivity contribution in [3.8, 4) is 11.9 Å². The molecule has 5 nitrogen and oxygen atoms in total. The molecule has 0 spiro atoms. The highest BCUT2D eigenvalue weighted by molar-refractivity contribution is 5.11. The Morgan fingerprint density at radius 2 is 2.28 bits per heavy atom. The number of aromatic nitrogens is 2. The van der Waals surface area contributed by atoms with Gasteiger partial charge in [0.25, 0.3) is 0 Å². The molecule has 5 heteroatoms. The molecule has 1 fully saturated rings. The Hall–Kier alpha value is -1.36. The Kier molecular flexibility index (Phi) is 4.36.